The van der Waals surface area contributed by atoms with Crippen molar-refractivity contribution in [2.24, 2.45) is 5.41 Å². The van der Waals surface area contributed by atoms with Crippen LogP contribution in [0.1, 0.15) is 39.5 Å². The van der Waals surface area contributed by atoms with Crippen LogP contribution < -0.4 is 5.32 Å². The van der Waals surface area contributed by atoms with E-state index in [9.17, 15) is 18.3 Å². The average Bonchev–Trinajstić information content (AvgIpc) is 2.37. The lowest BCUT2D eigenvalue weighted by atomic mass is 9.64. The minimum atomic E-state index is -3.36. The van der Waals surface area contributed by atoms with E-state index >= 15 is 0 Å². The Labute approximate surface area is 120 Å². The van der Waals surface area contributed by atoms with Crippen LogP contribution in [-0.4, -0.2) is 54.7 Å². The Kier molecular flexibility index (Phi) is 4.15. The highest BCUT2D eigenvalue weighted by Crippen LogP contribution is 2.40. The van der Waals surface area contributed by atoms with Gasteiger partial charge < -0.3 is 10.4 Å². The summed E-state index contributed by atoms with van der Waals surface area (Å²) in [6, 6.07) is -0.694. The summed E-state index contributed by atoms with van der Waals surface area (Å²) in [6.07, 6.45) is 3.49. The highest BCUT2D eigenvalue weighted by atomic mass is 32.2. The first kappa shape index (κ1) is 15.7. The van der Waals surface area contributed by atoms with Gasteiger partial charge in [-0.15, -0.1) is 0 Å². The fourth-order valence-electron chi connectivity index (χ4n) is 2.98. The number of piperidine rings is 1. The molecule has 7 heteroatoms. The number of carbonyl (C=O) groups is 1. The summed E-state index contributed by atoms with van der Waals surface area (Å²) < 4.78 is 24.8. The highest BCUT2D eigenvalue weighted by Gasteiger charge is 2.49. The number of hydrogen-bond acceptors (Lipinski definition) is 4. The van der Waals surface area contributed by atoms with Crippen molar-refractivity contribution in [3.05, 3.63) is 0 Å². The van der Waals surface area contributed by atoms with Crippen LogP contribution in [0.3, 0.4) is 0 Å². The molecule has 0 aromatic rings. The number of rotatable bonds is 3. The van der Waals surface area contributed by atoms with Gasteiger partial charge in [0.15, 0.2) is 0 Å². The van der Waals surface area contributed by atoms with Gasteiger partial charge in [0, 0.05) is 18.0 Å². The van der Waals surface area contributed by atoms with E-state index < -0.39 is 22.2 Å². The van der Waals surface area contributed by atoms with Gasteiger partial charge in [0.2, 0.25) is 15.9 Å². The van der Waals surface area contributed by atoms with E-state index in [-0.39, 0.29) is 17.4 Å². The summed E-state index contributed by atoms with van der Waals surface area (Å²) in [5.74, 6) is -0.236. The summed E-state index contributed by atoms with van der Waals surface area (Å²) in [4.78, 5) is 12.4. The predicted molar refractivity (Wildman–Crippen MR) is 75.5 cm³/mol. The molecule has 1 amide bonds. The normalized spacial score (nSPS) is 34.3. The third-order valence-electron chi connectivity index (χ3n) is 4.71. The minimum Gasteiger partial charge on any atom is -0.392 e. The monoisotopic (exact) mass is 304 g/mol. The Bertz CT molecular complexity index is 489. The van der Waals surface area contributed by atoms with Gasteiger partial charge in [-0.05, 0) is 19.3 Å². The maximum absolute atomic E-state index is 12.4. The van der Waals surface area contributed by atoms with Gasteiger partial charge in [-0.1, -0.05) is 20.3 Å². The van der Waals surface area contributed by atoms with Crippen molar-refractivity contribution in [2.45, 2.75) is 57.7 Å². The van der Waals surface area contributed by atoms with Crippen molar-refractivity contribution in [2.75, 3.05) is 12.8 Å². The maximum atomic E-state index is 12.4. The summed E-state index contributed by atoms with van der Waals surface area (Å²) in [6.45, 7) is 4.22. The van der Waals surface area contributed by atoms with E-state index in [0.29, 0.717) is 19.4 Å². The second kappa shape index (κ2) is 5.27. The molecule has 1 aliphatic heterocycles. The molecule has 20 heavy (non-hydrogen) atoms. The van der Waals surface area contributed by atoms with Crippen molar-refractivity contribution in [3.63, 3.8) is 0 Å². The van der Waals surface area contributed by atoms with Crippen molar-refractivity contribution in [1.29, 1.82) is 0 Å². The van der Waals surface area contributed by atoms with Gasteiger partial charge in [-0.2, -0.15) is 4.31 Å². The van der Waals surface area contributed by atoms with Crippen LogP contribution in [0.4, 0.5) is 0 Å². The lowest BCUT2D eigenvalue weighted by Gasteiger charge is -2.50. The van der Waals surface area contributed by atoms with Crippen molar-refractivity contribution >= 4 is 15.9 Å². The molecule has 1 heterocycles. The maximum Gasteiger partial charge on any atom is 0.238 e. The average molecular weight is 304 g/mol. The second-order valence-corrected chi connectivity index (χ2v) is 8.45. The predicted octanol–water partition coefficient (Wildman–Crippen LogP) is 0.0761. The summed E-state index contributed by atoms with van der Waals surface area (Å²) in [5, 5.41) is 12.6. The van der Waals surface area contributed by atoms with Crippen molar-refractivity contribution in [3.8, 4) is 0 Å². The zero-order valence-electron chi connectivity index (χ0n) is 12.3. The van der Waals surface area contributed by atoms with E-state index in [0.717, 1.165) is 19.1 Å². The van der Waals surface area contributed by atoms with Gasteiger partial charge in [0.1, 0.15) is 6.04 Å². The van der Waals surface area contributed by atoms with E-state index in [4.69, 9.17) is 0 Å². The van der Waals surface area contributed by atoms with Crippen molar-refractivity contribution in [1.82, 2.24) is 9.62 Å². The Morgan fingerprint density at radius 2 is 2.00 bits per heavy atom. The highest BCUT2D eigenvalue weighted by molar-refractivity contribution is 7.88. The van der Waals surface area contributed by atoms with E-state index in [1.807, 2.05) is 13.8 Å². The minimum absolute atomic E-state index is 0.0895. The van der Waals surface area contributed by atoms with Gasteiger partial charge in [0.25, 0.3) is 0 Å². The molecule has 116 valence electrons. The molecular formula is C13H24N2O4S. The summed E-state index contributed by atoms with van der Waals surface area (Å²) in [5.41, 5.74) is -0.347. The molecule has 6 nitrogen and oxygen atoms in total. The number of sulfonamides is 1. The fourth-order valence-corrected chi connectivity index (χ4v) is 4.10. The van der Waals surface area contributed by atoms with E-state index in [1.165, 1.54) is 4.31 Å². The first-order chi connectivity index (χ1) is 9.14. The lowest BCUT2D eigenvalue weighted by Crippen LogP contribution is -2.64. The third-order valence-corrected chi connectivity index (χ3v) is 6.00. The first-order valence-electron chi connectivity index (χ1n) is 7.09. The molecule has 2 rings (SSSR count). The van der Waals surface area contributed by atoms with Crippen LogP contribution >= 0.6 is 0 Å². The molecule has 1 aliphatic carbocycles. The van der Waals surface area contributed by atoms with Crippen LogP contribution in [0.15, 0.2) is 0 Å². The number of hydrogen-bond donors (Lipinski definition) is 2. The molecule has 0 bridgehead atoms. The number of aliphatic hydroxyl groups is 1. The van der Waals surface area contributed by atoms with E-state index in [1.54, 1.807) is 0 Å². The third kappa shape index (κ3) is 2.84. The zero-order chi connectivity index (χ0) is 15.1. The van der Waals surface area contributed by atoms with E-state index in [2.05, 4.69) is 5.32 Å². The Morgan fingerprint density at radius 1 is 1.35 bits per heavy atom. The Morgan fingerprint density at radius 3 is 2.50 bits per heavy atom. The number of nitrogens with one attached hydrogen (secondary N) is 1. The molecule has 3 unspecified atom stereocenters. The molecule has 3 atom stereocenters. The lowest BCUT2D eigenvalue weighted by molar-refractivity contribution is -0.133. The quantitative estimate of drug-likeness (QED) is 0.773. The Hall–Kier alpha value is -0.660. The van der Waals surface area contributed by atoms with Gasteiger partial charge >= 0.3 is 0 Å². The zero-order valence-corrected chi connectivity index (χ0v) is 13.1. The van der Waals surface area contributed by atoms with Crippen LogP contribution in [0.2, 0.25) is 0 Å². The van der Waals surface area contributed by atoms with Crippen molar-refractivity contribution < 1.29 is 18.3 Å². The topological polar surface area (TPSA) is 86.7 Å². The van der Waals surface area contributed by atoms with Gasteiger partial charge in [0.05, 0.1) is 12.4 Å². The molecular weight excluding hydrogens is 280 g/mol. The molecule has 0 radical (unpaired) electrons. The van der Waals surface area contributed by atoms with Gasteiger partial charge in [-0.3, -0.25) is 4.79 Å². The molecule has 1 saturated heterocycles. The molecule has 0 aromatic heterocycles. The van der Waals surface area contributed by atoms with Gasteiger partial charge in [-0.25, -0.2) is 8.42 Å². The van der Waals surface area contributed by atoms with Crippen LogP contribution in [-0.2, 0) is 14.8 Å². The van der Waals surface area contributed by atoms with Crippen LogP contribution in [0.25, 0.3) is 0 Å². The number of aliphatic hydroxyl groups excluding tert-OH is 1. The summed E-state index contributed by atoms with van der Waals surface area (Å²) in [7, 11) is -3.36. The number of nitrogens with zero attached hydrogens (tertiary/aromatic N) is 1. The molecule has 2 aliphatic rings. The Balaban J connectivity index is 2.04. The fraction of sp³-hybridized carbons (Fsp3) is 0.923. The standard InChI is InChI=1S/C13H24N2O4S/c1-13(2)10(8-11(13)16)14-12(17)9-6-4-5-7-15(9)20(3,18)19/h9-11,16H,4-8H2,1-3H3,(H,14,17). The number of carbonyl (C=O) groups excluding carboxylic acids is 1. The second-order valence-electron chi connectivity index (χ2n) is 6.52. The molecule has 2 N–H and O–H groups in total. The SMILES string of the molecule is CC1(C)C(O)CC1NC(=O)C1CCCCN1S(C)(=O)=O. The molecule has 0 spiro atoms. The largest absolute Gasteiger partial charge is 0.392 e. The molecule has 1 saturated carbocycles. The number of amides is 1. The van der Waals surface area contributed by atoms with Crippen LogP contribution in [0.5, 0.6) is 0 Å². The van der Waals surface area contributed by atoms with Crippen LogP contribution in [0, 0.1) is 5.41 Å². The molecule has 2 fully saturated rings. The summed E-state index contributed by atoms with van der Waals surface area (Å²) >= 11 is 0. The smallest absolute Gasteiger partial charge is 0.238 e. The first-order valence-corrected chi connectivity index (χ1v) is 8.94. The molecule has 0 aromatic carbocycles.